The van der Waals surface area contributed by atoms with Crippen LogP contribution in [-0.4, -0.2) is 21.5 Å². The maximum Gasteiger partial charge on any atom is 0.261 e. The van der Waals surface area contributed by atoms with Gasteiger partial charge in [0.15, 0.2) is 0 Å². The van der Waals surface area contributed by atoms with Gasteiger partial charge in [0.25, 0.3) is 11.5 Å². The highest BCUT2D eigenvalue weighted by Crippen LogP contribution is 2.34. The molecule has 0 spiro atoms. The third-order valence-electron chi connectivity index (χ3n) is 8.23. The molecule has 1 aliphatic heterocycles. The van der Waals surface area contributed by atoms with Gasteiger partial charge in [-0.1, -0.05) is 19.1 Å². The van der Waals surface area contributed by atoms with Crippen molar-refractivity contribution in [2.24, 2.45) is 24.6 Å². The van der Waals surface area contributed by atoms with Crippen molar-refractivity contribution in [2.45, 2.75) is 58.5 Å². The topological polar surface area (TPSA) is 114 Å². The summed E-state index contributed by atoms with van der Waals surface area (Å²) in [5, 5.41) is 12.3. The fourth-order valence-corrected chi connectivity index (χ4v) is 5.73. The number of nitrogens with two attached hydrogens (primary N) is 1. The van der Waals surface area contributed by atoms with Gasteiger partial charge in [-0.15, -0.1) is 0 Å². The summed E-state index contributed by atoms with van der Waals surface area (Å²) in [5.74, 6) is 1.58. The molecule has 2 aromatic carbocycles. The quantitative estimate of drug-likeness (QED) is 0.526. The summed E-state index contributed by atoms with van der Waals surface area (Å²) < 4.78 is 1.68. The van der Waals surface area contributed by atoms with Gasteiger partial charge in [0.05, 0.1) is 22.9 Å². The molecule has 0 bridgehead atoms. The van der Waals surface area contributed by atoms with E-state index in [2.05, 4.69) is 18.3 Å². The average molecular weight is 496 g/mol. The second-order valence-electron chi connectivity index (χ2n) is 10.7. The van der Waals surface area contributed by atoms with E-state index in [1.807, 2.05) is 31.2 Å². The van der Waals surface area contributed by atoms with Crippen LogP contribution in [-0.2, 0) is 20.0 Å². The van der Waals surface area contributed by atoms with Crippen LogP contribution in [0.3, 0.4) is 0 Å². The second-order valence-corrected chi connectivity index (χ2v) is 10.7. The van der Waals surface area contributed by atoms with Crippen LogP contribution in [0.4, 0.5) is 0 Å². The zero-order valence-corrected chi connectivity index (χ0v) is 21.7. The Bertz CT molecular complexity index is 1480. The van der Waals surface area contributed by atoms with Crippen molar-refractivity contribution in [3.8, 4) is 28.5 Å². The molecule has 0 radical (unpaired) electrons. The minimum Gasteiger partial charge on any atom is -0.348 e. The molecule has 190 valence electrons. The SMILES string of the molecule is Cc1cc(-c2nc(CC3CCC(N)CCC3C)n(C)c(=O)c2-c2ccc3c(c2)CNC3=O)ccc1C#N. The number of rotatable bonds is 4. The van der Waals surface area contributed by atoms with Crippen molar-refractivity contribution in [1.82, 2.24) is 14.9 Å². The van der Waals surface area contributed by atoms with Crippen LogP contribution in [0.5, 0.6) is 0 Å². The lowest BCUT2D eigenvalue weighted by molar-refractivity contribution is 0.0965. The minimum atomic E-state index is -0.114. The Morgan fingerprint density at radius 1 is 1.11 bits per heavy atom. The van der Waals surface area contributed by atoms with E-state index in [-0.39, 0.29) is 17.5 Å². The lowest BCUT2D eigenvalue weighted by Gasteiger charge is -2.23. The van der Waals surface area contributed by atoms with Gasteiger partial charge in [-0.25, -0.2) is 4.98 Å². The van der Waals surface area contributed by atoms with Crippen LogP contribution in [0.15, 0.2) is 41.2 Å². The number of hydrogen-bond acceptors (Lipinski definition) is 5. The number of fused-ring (bicyclic) bond motifs is 1. The Kier molecular flexibility index (Phi) is 6.70. The molecule has 1 amide bonds. The molecule has 5 rings (SSSR count). The first-order valence-electron chi connectivity index (χ1n) is 13.0. The summed E-state index contributed by atoms with van der Waals surface area (Å²) in [4.78, 5) is 31.2. The van der Waals surface area contributed by atoms with E-state index in [0.717, 1.165) is 53.8 Å². The maximum absolute atomic E-state index is 14.0. The summed E-state index contributed by atoms with van der Waals surface area (Å²) in [7, 11) is 1.80. The van der Waals surface area contributed by atoms with Gasteiger partial charge < -0.3 is 11.1 Å². The third-order valence-corrected chi connectivity index (χ3v) is 8.23. The minimum absolute atomic E-state index is 0.0943. The summed E-state index contributed by atoms with van der Waals surface area (Å²) >= 11 is 0. The molecule has 1 aliphatic carbocycles. The van der Waals surface area contributed by atoms with E-state index in [1.165, 1.54) is 0 Å². The Balaban J connectivity index is 1.66. The van der Waals surface area contributed by atoms with Gasteiger partial charge in [-0.05, 0) is 85.4 Å². The highest BCUT2D eigenvalue weighted by molar-refractivity contribution is 5.99. The van der Waals surface area contributed by atoms with E-state index >= 15 is 0 Å². The number of aromatic nitrogens is 2. The Hall–Kier alpha value is -3.76. The van der Waals surface area contributed by atoms with Crippen LogP contribution in [0, 0.1) is 30.1 Å². The lowest BCUT2D eigenvalue weighted by atomic mass is 9.86. The molecule has 0 saturated heterocycles. The molecule has 1 aromatic heterocycles. The molecule has 3 aromatic rings. The molecule has 3 N–H and O–H groups in total. The van der Waals surface area contributed by atoms with Crippen molar-refractivity contribution in [3.05, 3.63) is 74.8 Å². The predicted octanol–water partition coefficient (Wildman–Crippen LogP) is 4.23. The number of aryl methyl sites for hydroxylation is 1. The first-order chi connectivity index (χ1) is 17.8. The van der Waals surface area contributed by atoms with E-state index < -0.39 is 0 Å². The molecule has 1 fully saturated rings. The van der Waals surface area contributed by atoms with Gasteiger partial charge >= 0.3 is 0 Å². The van der Waals surface area contributed by atoms with Crippen molar-refractivity contribution in [1.29, 1.82) is 5.26 Å². The van der Waals surface area contributed by atoms with Crippen LogP contribution in [0.1, 0.15) is 65.5 Å². The summed E-state index contributed by atoms with van der Waals surface area (Å²) in [6.45, 7) is 4.62. The fraction of sp³-hybridized carbons (Fsp3) is 0.400. The molecule has 37 heavy (non-hydrogen) atoms. The van der Waals surface area contributed by atoms with E-state index in [4.69, 9.17) is 10.7 Å². The molecule has 2 aliphatic rings. The molecule has 2 heterocycles. The third kappa shape index (κ3) is 4.70. The Morgan fingerprint density at radius 2 is 1.86 bits per heavy atom. The van der Waals surface area contributed by atoms with Gasteiger partial charge in [0.2, 0.25) is 0 Å². The van der Waals surface area contributed by atoms with Crippen molar-refractivity contribution >= 4 is 5.91 Å². The van der Waals surface area contributed by atoms with Gasteiger partial charge in [-0.3, -0.25) is 14.2 Å². The number of benzene rings is 2. The number of nitriles is 1. The molecule has 3 atom stereocenters. The molecule has 7 heteroatoms. The summed E-state index contributed by atoms with van der Waals surface area (Å²) in [6, 6.07) is 13.6. The highest BCUT2D eigenvalue weighted by Gasteiger charge is 2.27. The van der Waals surface area contributed by atoms with Crippen molar-refractivity contribution in [3.63, 3.8) is 0 Å². The largest absolute Gasteiger partial charge is 0.348 e. The Morgan fingerprint density at radius 3 is 2.62 bits per heavy atom. The maximum atomic E-state index is 14.0. The van der Waals surface area contributed by atoms with Crippen LogP contribution < -0.4 is 16.6 Å². The molecule has 7 nitrogen and oxygen atoms in total. The highest BCUT2D eigenvalue weighted by atomic mass is 16.2. The van der Waals surface area contributed by atoms with E-state index in [1.54, 1.807) is 23.7 Å². The summed E-state index contributed by atoms with van der Waals surface area (Å²) in [6.07, 6.45) is 4.85. The van der Waals surface area contributed by atoms with Crippen LogP contribution >= 0.6 is 0 Å². The predicted molar refractivity (Wildman–Crippen MR) is 144 cm³/mol. The van der Waals surface area contributed by atoms with Gasteiger partial charge in [-0.2, -0.15) is 5.26 Å². The van der Waals surface area contributed by atoms with Crippen LogP contribution in [0.25, 0.3) is 22.4 Å². The molecular weight excluding hydrogens is 462 g/mol. The monoisotopic (exact) mass is 495 g/mol. The normalized spacial score (nSPS) is 21.2. The number of nitrogens with one attached hydrogen (secondary N) is 1. The smallest absolute Gasteiger partial charge is 0.261 e. The van der Waals surface area contributed by atoms with Crippen LogP contribution in [0.2, 0.25) is 0 Å². The first-order valence-corrected chi connectivity index (χ1v) is 13.0. The van der Waals surface area contributed by atoms with E-state index in [9.17, 15) is 14.9 Å². The molecule has 1 saturated carbocycles. The molecule has 3 unspecified atom stereocenters. The number of nitrogens with zero attached hydrogens (tertiary/aromatic N) is 3. The number of amides is 1. The average Bonchev–Trinajstić information content (AvgIpc) is 3.18. The van der Waals surface area contributed by atoms with Gasteiger partial charge in [0, 0.05) is 37.2 Å². The van der Waals surface area contributed by atoms with Crippen molar-refractivity contribution < 1.29 is 4.79 Å². The number of hydrogen-bond donors (Lipinski definition) is 2. The number of carbonyl (C=O) groups excluding carboxylic acids is 1. The zero-order chi connectivity index (χ0) is 26.3. The Labute approximate surface area is 217 Å². The zero-order valence-electron chi connectivity index (χ0n) is 21.7. The van der Waals surface area contributed by atoms with Crippen molar-refractivity contribution in [2.75, 3.05) is 0 Å². The molecular formula is C30H33N5O2. The van der Waals surface area contributed by atoms with Gasteiger partial charge in [0.1, 0.15) is 5.82 Å². The summed E-state index contributed by atoms with van der Waals surface area (Å²) in [5.41, 5.74) is 11.8. The second kappa shape index (κ2) is 9.95. The first kappa shape index (κ1) is 24.9. The number of carbonyl (C=O) groups is 1. The standard InChI is InChI=1S/C30H33N5O2/c1-17-4-9-24(32)10-7-19(17)14-26-34-28(21-5-6-22(15-31)18(2)12-21)27(30(37)35(26)3)20-8-11-25-23(13-20)16-33-29(25)36/h5-6,8,11-13,17,19,24H,4,7,9-10,14,16,32H2,1-3H3,(H,33,36). The van der Waals surface area contributed by atoms with E-state index in [0.29, 0.717) is 47.2 Å². The fourth-order valence-electron chi connectivity index (χ4n) is 5.73. The lowest BCUT2D eigenvalue weighted by Crippen LogP contribution is -2.27.